The second-order valence-corrected chi connectivity index (χ2v) is 10.1. The Morgan fingerprint density at radius 3 is 2.90 bits per heavy atom. The first-order valence-corrected chi connectivity index (χ1v) is 13.2. The Morgan fingerprint density at radius 2 is 2.05 bits per heavy atom. The minimum Gasteiger partial charge on any atom is -0.489 e. The Balaban J connectivity index is 1.23. The fraction of sp³-hybridized carbons (Fsp3) is 0.357. The van der Waals surface area contributed by atoms with Crippen molar-refractivity contribution in [3.63, 3.8) is 0 Å². The molecule has 12 heteroatoms. The summed E-state index contributed by atoms with van der Waals surface area (Å²) in [6.07, 6.45) is 2.90. The Morgan fingerprint density at radius 1 is 1.15 bits per heavy atom. The maximum atomic E-state index is 13.6. The molecule has 1 fully saturated rings. The molecule has 12 nitrogen and oxygen atoms in total. The highest BCUT2D eigenvalue weighted by Gasteiger charge is 2.38. The lowest BCUT2D eigenvalue weighted by Gasteiger charge is -2.20. The van der Waals surface area contributed by atoms with Gasteiger partial charge in [0.15, 0.2) is 11.4 Å². The first-order valence-electron chi connectivity index (χ1n) is 13.2. The molecule has 2 bridgehead atoms. The molecule has 5 heterocycles. The number of pyridine rings is 1. The van der Waals surface area contributed by atoms with E-state index in [1.807, 2.05) is 42.8 Å². The number of hydrogen-bond donors (Lipinski definition) is 1. The highest BCUT2D eigenvalue weighted by molar-refractivity contribution is 5.96. The van der Waals surface area contributed by atoms with Crippen molar-refractivity contribution in [2.24, 2.45) is 0 Å². The van der Waals surface area contributed by atoms with Gasteiger partial charge in [0.2, 0.25) is 0 Å². The van der Waals surface area contributed by atoms with Gasteiger partial charge in [-0.25, -0.2) is 9.67 Å². The van der Waals surface area contributed by atoms with Crippen molar-refractivity contribution in [1.29, 1.82) is 0 Å². The van der Waals surface area contributed by atoms with Crippen molar-refractivity contribution in [3.05, 3.63) is 88.8 Å². The van der Waals surface area contributed by atoms with Crippen LogP contribution >= 0.6 is 0 Å². The summed E-state index contributed by atoms with van der Waals surface area (Å²) in [5.41, 5.74) is 4.40. The Kier molecular flexibility index (Phi) is 6.99. The van der Waals surface area contributed by atoms with Gasteiger partial charge in [-0.1, -0.05) is 17.3 Å². The van der Waals surface area contributed by atoms with Crippen LogP contribution in [0.4, 0.5) is 0 Å². The van der Waals surface area contributed by atoms with E-state index in [2.05, 4.69) is 25.7 Å². The van der Waals surface area contributed by atoms with E-state index in [0.717, 1.165) is 17.0 Å². The molecule has 40 heavy (non-hydrogen) atoms. The lowest BCUT2D eigenvalue weighted by atomic mass is 10.1. The maximum absolute atomic E-state index is 13.6. The normalized spacial score (nSPS) is 19.2. The zero-order valence-electron chi connectivity index (χ0n) is 22.4. The summed E-state index contributed by atoms with van der Waals surface area (Å²) >= 11 is 0. The molecule has 206 valence electrons. The summed E-state index contributed by atoms with van der Waals surface area (Å²) in [6, 6.07) is 12.6. The summed E-state index contributed by atoms with van der Waals surface area (Å²) in [7, 11) is 0. The fourth-order valence-electron chi connectivity index (χ4n) is 5.11. The molecule has 2 amide bonds. The number of likely N-dealkylation sites (tertiary alicyclic amines) is 1. The number of amides is 2. The van der Waals surface area contributed by atoms with E-state index in [4.69, 9.17) is 9.47 Å². The molecule has 6 rings (SSSR count). The predicted molar refractivity (Wildman–Crippen MR) is 143 cm³/mol. The monoisotopic (exact) mass is 542 g/mol. The van der Waals surface area contributed by atoms with E-state index in [0.29, 0.717) is 43.2 Å². The smallest absolute Gasteiger partial charge is 0.274 e. The van der Waals surface area contributed by atoms with Crippen molar-refractivity contribution >= 4 is 11.8 Å². The first kappa shape index (κ1) is 25.7. The lowest BCUT2D eigenvalue weighted by molar-refractivity contribution is 0.0290. The zero-order valence-corrected chi connectivity index (χ0v) is 22.4. The van der Waals surface area contributed by atoms with Gasteiger partial charge in [-0.05, 0) is 49.7 Å². The average molecular weight is 543 g/mol. The third-order valence-corrected chi connectivity index (χ3v) is 7.07. The Bertz CT molecular complexity index is 1550. The van der Waals surface area contributed by atoms with Crippen LogP contribution in [0.1, 0.15) is 43.5 Å². The van der Waals surface area contributed by atoms with Crippen LogP contribution in [0.2, 0.25) is 0 Å². The van der Waals surface area contributed by atoms with Gasteiger partial charge in [-0.2, -0.15) is 5.10 Å². The molecule has 2 atom stereocenters. The molecular formula is C28H30N8O4. The number of aromatic nitrogens is 6. The third-order valence-electron chi connectivity index (χ3n) is 7.07. The summed E-state index contributed by atoms with van der Waals surface area (Å²) < 4.78 is 15.6. The number of aryl methyl sites for hydroxylation is 2. The summed E-state index contributed by atoms with van der Waals surface area (Å²) in [5.74, 6) is -0.143. The quantitative estimate of drug-likeness (QED) is 0.415. The van der Waals surface area contributed by atoms with Crippen molar-refractivity contribution in [3.8, 4) is 5.75 Å². The summed E-state index contributed by atoms with van der Waals surface area (Å²) in [5, 5.41) is 15.9. The van der Waals surface area contributed by atoms with Crippen molar-refractivity contribution in [2.45, 2.75) is 45.7 Å². The van der Waals surface area contributed by atoms with Crippen molar-refractivity contribution in [1.82, 2.24) is 40.0 Å². The molecule has 0 saturated carbocycles. The van der Waals surface area contributed by atoms with E-state index < -0.39 is 12.1 Å². The molecule has 1 N–H and O–H groups in total. The third kappa shape index (κ3) is 5.43. The SMILES string of the molecule is Cc1cc(C)n(Cc2cccc(C(=O)N3C[C@@H]4NC(=O)c5ncccc5OCCn5cc(nn5)CO[C@H]4C3)c2)n1. The second kappa shape index (κ2) is 10.9. The molecule has 0 unspecified atom stereocenters. The van der Waals surface area contributed by atoms with Gasteiger partial charge in [0.25, 0.3) is 11.8 Å². The van der Waals surface area contributed by atoms with Crippen molar-refractivity contribution in [2.75, 3.05) is 19.7 Å². The molecule has 2 aliphatic heterocycles. The molecule has 4 aromatic rings. The topological polar surface area (TPSA) is 129 Å². The van der Waals surface area contributed by atoms with Crippen LogP contribution in [-0.2, 0) is 24.4 Å². The maximum Gasteiger partial charge on any atom is 0.274 e. The van der Waals surface area contributed by atoms with Crippen LogP contribution in [0.15, 0.2) is 54.9 Å². The first-order chi connectivity index (χ1) is 19.4. The van der Waals surface area contributed by atoms with Gasteiger partial charge in [0.05, 0.1) is 43.7 Å². The molecular weight excluding hydrogens is 512 g/mol. The van der Waals surface area contributed by atoms with Crippen LogP contribution in [0.25, 0.3) is 0 Å². The largest absolute Gasteiger partial charge is 0.489 e. The van der Waals surface area contributed by atoms with Crippen LogP contribution in [0, 0.1) is 13.8 Å². The summed E-state index contributed by atoms with van der Waals surface area (Å²) in [6.45, 7) is 6.09. The molecule has 0 aliphatic carbocycles. The van der Waals surface area contributed by atoms with E-state index >= 15 is 0 Å². The number of hydrogen-bond acceptors (Lipinski definition) is 8. The summed E-state index contributed by atoms with van der Waals surface area (Å²) in [4.78, 5) is 32.9. The number of nitrogens with zero attached hydrogens (tertiary/aromatic N) is 7. The lowest BCUT2D eigenvalue weighted by Crippen LogP contribution is -2.44. The minimum atomic E-state index is -0.456. The molecule has 3 aromatic heterocycles. The number of carbonyl (C=O) groups is 2. The molecule has 2 aliphatic rings. The van der Waals surface area contributed by atoms with Crippen LogP contribution in [0.5, 0.6) is 5.75 Å². The van der Waals surface area contributed by atoms with Gasteiger partial charge in [-0.15, -0.1) is 5.10 Å². The minimum absolute atomic E-state index is 0.133. The van der Waals surface area contributed by atoms with E-state index in [-0.39, 0.29) is 30.7 Å². The Labute approximate surface area is 230 Å². The zero-order chi connectivity index (χ0) is 27.6. The van der Waals surface area contributed by atoms with Crippen LogP contribution in [-0.4, -0.2) is 78.3 Å². The number of nitrogens with one attached hydrogen (secondary N) is 1. The van der Waals surface area contributed by atoms with Gasteiger partial charge in [0.1, 0.15) is 12.3 Å². The van der Waals surface area contributed by atoms with Gasteiger partial charge < -0.3 is 19.7 Å². The number of benzene rings is 1. The van der Waals surface area contributed by atoms with Gasteiger partial charge in [0, 0.05) is 30.5 Å². The number of ether oxygens (including phenoxy) is 2. The van der Waals surface area contributed by atoms with E-state index in [9.17, 15) is 9.59 Å². The average Bonchev–Trinajstić information content (AvgIpc) is 3.65. The molecule has 0 spiro atoms. The standard InChI is InChI=1S/C28H30N8O4/c1-18-11-19(2)36(32-18)13-20-5-3-6-21(12-20)28(38)34-15-23-25(16-34)40-17-22-14-35(33-31-22)9-10-39-24-7-4-8-29-26(24)27(37)30-23/h3-8,11-12,14,23,25H,9-10,13,15-17H2,1-2H3,(H,30,37)/t23-,25-/m0/s1. The van der Waals surface area contributed by atoms with Crippen molar-refractivity contribution < 1.29 is 19.1 Å². The fourth-order valence-corrected chi connectivity index (χ4v) is 5.11. The molecule has 1 aromatic carbocycles. The number of rotatable bonds is 3. The highest BCUT2D eigenvalue weighted by atomic mass is 16.5. The van der Waals surface area contributed by atoms with Crippen LogP contribution in [0.3, 0.4) is 0 Å². The van der Waals surface area contributed by atoms with E-state index in [1.165, 1.54) is 0 Å². The van der Waals surface area contributed by atoms with E-state index in [1.54, 1.807) is 40.2 Å². The highest BCUT2D eigenvalue weighted by Crippen LogP contribution is 2.22. The second-order valence-electron chi connectivity index (χ2n) is 10.1. The predicted octanol–water partition coefficient (Wildman–Crippen LogP) is 1.77. The molecule has 0 radical (unpaired) electrons. The molecule has 1 saturated heterocycles. The van der Waals surface area contributed by atoms with Gasteiger partial charge >= 0.3 is 0 Å². The number of fused-ring (bicyclic) bond motifs is 4. The number of carbonyl (C=O) groups excluding carboxylic acids is 2. The van der Waals surface area contributed by atoms with Gasteiger partial charge in [-0.3, -0.25) is 14.3 Å². The van der Waals surface area contributed by atoms with Crippen LogP contribution < -0.4 is 10.1 Å². The Hall–Kier alpha value is -4.58.